The van der Waals surface area contributed by atoms with Crippen molar-refractivity contribution >= 4 is 15.8 Å². The lowest BCUT2D eigenvalue weighted by Crippen LogP contribution is -2.33. The van der Waals surface area contributed by atoms with Gasteiger partial charge in [0.1, 0.15) is 5.75 Å². The van der Waals surface area contributed by atoms with Gasteiger partial charge in [-0.1, -0.05) is 30.3 Å². The molecule has 2 rings (SSSR count). The van der Waals surface area contributed by atoms with Crippen molar-refractivity contribution in [3.8, 4) is 0 Å². The van der Waals surface area contributed by atoms with Crippen LogP contribution in [0.1, 0.15) is 12.0 Å². The first kappa shape index (κ1) is 18.9. The van der Waals surface area contributed by atoms with E-state index >= 15 is 0 Å². The highest BCUT2D eigenvalue weighted by Crippen LogP contribution is 2.19. The Morgan fingerprint density at radius 2 is 2.04 bits per heavy atom. The first-order valence-corrected chi connectivity index (χ1v) is 10.0. The molecule has 0 saturated carbocycles. The van der Waals surface area contributed by atoms with Crippen LogP contribution in [0, 0.1) is 5.92 Å². The summed E-state index contributed by atoms with van der Waals surface area (Å²) in [7, 11) is -1.61. The smallest absolute Gasteiger partial charge is 0.318 e. The summed E-state index contributed by atoms with van der Waals surface area (Å²) >= 11 is 0. The first-order chi connectivity index (χ1) is 11.3. The number of carboxylic acids is 1. The third kappa shape index (κ3) is 6.59. The molecule has 6 nitrogen and oxygen atoms in total. The van der Waals surface area contributed by atoms with Gasteiger partial charge in [-0.15, -0.1) is 0 Å². The van der Waals surface area contributed by atoms with Crippen LogP contribution < -0.4 is 0 Å². The molecule has 24 heavy (non-hydrogen) atoms. The summed E-state index contributed by atoms with van der Waals surface area (Å²) < 4.78 is 23.2. The molecule has 134 valence electrons. The predicted octanol–water partition coefficient (Wildman–Crippen LogP) is 0.940. The van der Waals surface area contributed by atoms with Crippen molar-refractivity contribution in [1.82, 2.24) is 9.80 Å². The molecule has 0 amide bonds. The molecular weight excluding hydrogens is 328 g/mol. The summed E-state index contributed by atoms with van der Waals surface area (Å²) in [5.74, 6) is -1.64. The van der Waals surface area contributed by atoms with E-state index in [0.29, 0.717) is 12.5 Å². The van der Waals surface area contributed by atoms with Crippen LogP contribution in [-0.2, 0) is 21.2 Å². The SMILES string of the molecule is CN(CCS(=O)(=O)CC(=O)O)CC1CCN(Cc2ccccc2)C1. The quantitative estimate of drug-likeness (QED) is 0.711. The van der Waals surface area contributed by atoms with Gasteiger partial charge < -0.3 is 10.0 Å². The van der Waals surface area contributed by atoms with Gasteiger partial charge in [0.05, 0.1) is 5.75 Å². The van der Waals surface area contributed by atoms with E-state index in [9.17, 15) is 13.2 Å². The molecule has 0 radical (unpaired) electrons. The number of aliphatic carboxylic acids is 1. The van der Waals surface area contributed by atoms with Gasteiger partial charge >= 0.3 is 5.97 Å². The van der Waals surface area contributed by atoms with Gasteiger partial charge in [0, 0.05) is 26.2 Å². The summed E-state index contributed by atoms with van der Waals surface area (Å²) in [4.78, 5) is 14.9. The summed E-state index contributed by atoms with van der Waals surface area (Å²) in [6.45, 7) is 4.25. The molecule has 1 aromatic rings. The maximum Gasteiger partial charge on any atom is 0.318 e. The van der Waals surface area contributed by atoms with Crippen LogP contribution >= 0.6 is 0 Å². The lowest BCUT2D eigenvalue weighted by molar-refractivity contribution is -0.134. The predicted molar refractivity (Wildman–Crippen MR) is 93.6 cm³/mol. The Morgan fingerprint density at radius 3 is 2.71 bits per heavy atom. The van der Waals surface area contributed by atoms with E-state index in [0.717, 1.165) is 32.6 Å². The molecular formula is C17H26N2O4S. The molecule has 1 N–H and O–H groups in total. The van der Waals surface area contributed by atoms with Gasteiger partial charge in [-0.25, -0.2) is 8.42 Å². The molecule has 1 aromatic carbocycles. The van der Waals surface area contributed by atoms with Crippen molar-refractivity contribution in [2.24, 2.45) is 5.92 Å². The Hall–Kier alpha value is -1.44. The zero-order valence-electron chi connectivity index (χ0n) is 14.1. The van der Waals surface area contributed by atoms with E-state index in [1.54, 1.807) is 0 Å². The second-order valence-corrected chi connectivity index (χ2v) is 8.81. The highest BCUT2D eigenvalue weighted by molar-refractivity contribution is 7.92. The van der Waals surface area contributed by atoms with E-state index in [-0.39, 0.29) is 5.75 Å². The standard InChI is InChI=1S/C17H26N2O4S/c1-18(9-10-24(22,23)14-17(20)21)11-16-7-8-19(13-16)12-15-5-3-2-4-6-15/h2-6,16H,7-14H2,1H3,(H,20,21). The third-order valence-electron chi connectivity index (χ3n) is 4.32. The molecule has 0 bridgehead atoms. The zero-order chi connectivity index (χ0) is 17.6. The third-order valence-corrected chi connectivity index (χ3v) is 5.81. The molecule has 7 heteroatoms. The molecule has 1 saturated heterocycles. The second-order valence-electron chi connectivity index (χ2n) is 6.62. The summed E-state index contributed by atoms with van der Waals surface area (Å²) in [5, 5.41) is 8.60. The second kappa shape index (κ2) is 8.60. The zero-order valence-corrected chi connectivity index (χ0v) is 14.9. The molecule has 1 atom stereocenters. The maximum atomic E-state index is 11.6. The first-order valence-electron chi connectivity index (χ1n) is 8.21. The number of nitrogens with zero attached hydrogens (tertiary/aromatic N) is 2. The van der Waals surface area contributed by atoms with Crippen molar-refractivity contribution in [2.45, 2.75) is 13.0 Å². The maximum absolute atomic E-state index is 11.6. The molecule has 1 fully saturated rings. The van der Waals surface area contributed by atoms with E-state index in [1.165, 1.54) is 5.56 Å². The molecule has 0 aliphatic carbocycles. The van der Waals surface area contributed by atoms with Gasteiger partial charge in [-0.3, -0.25) is 9.69 Å². The number of sulfone groups is 1. The molecule has 1 aliphatic rings. The Bertz CT molecular complexity index is 633. The van der Waals surface area contributed by atoms with Crippen LogP contribution in [0.15, 0.2) is 30.3 Å². The molecule has 0 spiro atoms. The summed E-state index contributed by atoms with van der Waals surface area (Å²) in [6, 6.07) is 10.4. The number of rotatable bonds is 9. The lowest BCUT2D eigenvalue weighted by Gasteiger charge is -2.21. The van der Waals surface area contributed by atoms with E-state index in [4.69, 9.17) is 5.11 Å². The number of hydrogen-bond donors (Lipinski definition) is 1. The van der Waals surface area contributed by atoms with Crippen LogP contribution in [0.25, 0.3) is 0 Å². The van der Waals surface area contributed by atoms with Gasteiger partial charge in [0.2, 0.25) is 0 Å². The monoisotopic (exact) mass is 354 g/mol. The fraction of sp³-hybridized carbons (Fsp3) is 0.588. The highest BCUT2D eigenvalue weighted by Gasteiger charge is 2.24. The van der Waals surface area contributed by atoms with E-state index in [2.05, 4.69) is 17.0 Å². The van der Waals surface area contributed by atoms with Crippen LogP contribution in [0.5, 0.6) is 0 Å². The number of carbonyl (C=O) groups is 1. The van der Waals surface area contributed by atoms with Gasteiger partial charge in [-0.2, -0.15) is 0 Å². The lowest BCUT2D eigenvalue weighted by atomic mass is 10.1. The average molecular weight is 354 g/mol. The van der Waals surface area contributed by atoms with Gasteiger partial charge in [0.15, 0.2) is 9.84 Å². The number of hydrogen-bond acceptors (Lipinski definition) is 5. The van der Waals surface area contributed by atoms with Crippen molar-refractivity contribution in [2.75, 3.05) is 44.7 Å². The number of benzene rings is 1. The minimum Gasteiger partial charge on any atom is -0.480 e. The topological polar surface area (TPSA) is 77.9 Å². The van der Waals surface area contributed by atoms with Crippen LogP contribution in [0.4, 0.5) is 0 Å². The minimum absolute atomic E-state index is 0.101. The Kier molecular flexibility index (Phi) is 6.77. The van der Waals surface area contributed by atoms with Crippen molar-refractivity contribution in [3.63, 3.8) is 0 Å². The normalized spacial score (nSPS) is 19.0. The van der Waals surface area contributed by atoms with E-state index < -0.39 is 21.6 Å². The minimum atomic E-state index is -3.51. The van der Waals surface area contributed by atoms with Crippen LogP contribution in [0.2, 0.25) is 0 Å². The van der Waals surface area contributed by atoms with Gasteiger partial charge in [-0.05, 0) is 31.5 Å². The summed E-state index contributed by atoms with van der Waals surface area (Å²) in [6.07, 6.45) is 1.11. The van der Waals surface area contributed by atoms with Crippen molar-refractivity contribution < 1.29 is 18.3 Å². The molecule has 1 aliphatic heterocycles. The summed E-state index contributed by atoms with van der Waals surface area (Å²) in [5.41, 5.74) is 1.31. The molecule has 0 aromatic heterocycles. The van der Waals surface area contributed by atoms with Crippen molar-refractivity contribution in [1.29, 1.82) is 0 Å². The average Bonchev–Trinajstić information content (AvgIpc) is 2.92. The van der Waals surface area contributed by atoms with Gasteiger partial charge in [0.25, 0.3) is 0 Å². The Morgan fingerprint density at radius 1 is 1.33 bits per heavy atom. The largest absolute Gasteiger partial charge is 0.480 e. The fourth-order valence-corrected chi connectivity index (χ4v) is 4.24. The van der Waals surface area contributed by atoms with Crippen molar-refractivity contribution in [3.05, 3.63) is 35.9 Å². The Labute approximate surface area is 144 Å². The Balaban J connectivity index is 1.71. The number of likely N-dealkylation sites (tertiary alicyclic amines) is 1. The highest BCUT2D eigenvalue weighted by atomic mass is 32.2. The molecule has 1 unspecified atom stereocenters. The van der Waals surface area contributed by atoms with E-state index in [1.807, 2.05) is 30.1 Å². The molecule has 1 heterocycles. The van der Waals surface area contributed by atoms with Crippen LogP contribution in [-0.4, -0.2) is 74.0 Å². The fourth-order valence-electron chi connectivity index (χ4n) is 3.13. The van der Waals surface area contributed by atoms with Crippen LogP contribution in [0.3, 0.4) is 0 Å². The number of carboxylic acid groups (broad SMARTS) is 1.